The maximum Gasteiger partial charge on any atom is 0.138 e. The van der Waals surface area contributed by atoms with Gasteiger partial charge in [0.15, 0.2) is 0 Å². The van der Waals surface area contributed by atoms with Gasteiger partial charge in [0.25, 0.3) is 0 Å². The third kappa shape index (κ3) is 3.17. The normalized spacial score (nSPS) is 12.6. The predicted octanol–water partition coefficient (Wildman–Crippen LogP) is 2.61. The van der Waals surface area contributed by atoms with Crippen molar-refractivity contribution >= 4 is 10.9 Å². The molecule has 1 aromatic heterocycles. The average Bonchev–Trinajstić information content (AvgIpc) is 2.36. The Morgan fingerprint density at radius 2 is 2.18 bits per heavy atom. The Kier molecular flexibility index (Phi) is 3.94. The van der Waals surface area contributed by atoms with Crippen molar-refractivity contribution < 1.29 is 4.74 Å². The van der Waals surface area contributed by atoms with Gasteiger partial charge in [-0.15, -0.1) is 0 Å². The van der Waals surface area contributed by atoms with Crippen LogP contribution in [0.3, 0.4) is 0 Å². The summed E-state index contributed by atoms with van der Waals surface area (Å²) in [4.78, 5) is 4.37. The van der Waals surface area contributed by atoms with Crippen molar-refractivity contribution in [3.05, 3.63) is 36.5 Å². The lowest BCUT2D eigenvalue weighted by atomic mass is 10.2. The van der Waals surface area contributed by atoms with Crippen LogP contribution in [0.2, 0.25) is 0 Å². The molecule has 90 valence electrons. The van der Waals surface area contributed by atoms with Crippen LogP contribution >= 0.6 is 0 Å². The number of nitrogens with zero attached hydrogens (tertiary/aromatic N) is 1. The molecule has 2 rings (SSSR count). The second-order valence-corrected chi connectivity index (χ2v) is 4.10. The fourth-order valence-corrected chi connectivity index (χ4v) is 1.74. The summed E-state index contributed by atoms with van der Waals surface area (Å²) in [6.07, 6.45) is 1.93. The van der Waals surface area contributed by atoms with Crippen molar-refractivity contribution in [1.29, 1.82) is 0 Å². The number of para-hydroxylation sites is 1. The molecule has 1 unspecified atom stereocenters. The number of benzene rings is 1. The summed E-state index contributed by atoms with van der Waals surface area (Å²) in [5.41, 5.74) is 0.999. The van der Waals surface area contributed by atoms with Crippen molar-refractivity contribution in [2.45, 2.75) is 20.0 Å². The first-order valence-electron chi connectivity index (χ1n) is 6.01. The maximum absolute atomic E-state index is 5.80. The van der Waals surface area contributed by atoms with Crippen LogP contribution in [-0.4, -0.2) is 24.2 Å². The van der Waals surface area contributed by atoms with Crippen LogP contribution in [-0.2, 0) is 0 Å². The lowest BCUT2D eigenvalue weighted by molar-refractivity contribution is 0.218. The van der Waals surface area contributed by atoms with Crippen LogP contribution in [0.4, 0.5) is 0 Å². The van der Waals surface area contributed by atoms with E-state index in [9.17, 15) is 0 Å². The molecule has 1 atom stereocenters. The minimum absolute atomic E-state index is 0.151. The van der Waals surface area contributed by atoms with E-state index in [-0.39, 0.29) is 6.10 Å². The van der Waals surface area contributed by atoms with E-state index < -0.39 is 0 Å². The molecular formula is C14H18N2O. The zero-order valence-corrected chi connectivity index (χ0v) is 10.3. The van der Waals surface area contributed by atoms with Crippen LogP contribution < -0.4 is 10.1 Å². The van der Waals surface area contributed by atoms with Crippen LogP contribution in [0.1, 0.15) is 13.8 Å². The van der Waals surface area contributed by atoms with Gasteiger partial charge in [-0.2, -0.15) is 0 Å². The molecule has 1 aromatic carbocycles. The first-order chi connectivity index (χ1) is 8.29. The molecule has 0 aliphatic carbocycles. The summed E-state index contributed by atoms with van der Waals surface area (Å²) in [6.45, 7) is 5.95. The molecule has 0 aliphatic heterocycles. The van der Waals surface area contributed by atoms with Gasteiger partial charge in [0.1, 0.15) is 11.9 Å². The number of hydrogen-bond acceptors (Lipinski definition) is 3. The molecule has 0 amide bonds. The lowest BCUT2D eigenvalue weighted by Gasteiger charge is -2.14. The smallest absolute Gasteiger partial charge is 0.138 e. The molecule has 0 aliphatic rings. The SMILES string of the molecule is CCNCC(C)Oc1cnc2ccccc2c1. The van der Waals surface area contributed by atoms with Gasteiger partial charge in [0.05, 0.1) is 11.7 Å². The molecule has 0 fully saturated rings. The van der Waals surface area contributed by atoms with Gasteiger partial charge in [0, 0.05) is 11.9 Å². The zero-order chi connectivity index (χ0) is 12.1. The third-order valence-electron chi connectivity index (χ3n) is 2.58. The molecule has 1 heterocycles. The van der Waals surface area contributed by atoms with E-state index in [4.69, 9.17) is 4.74 Å². The molecule has 3 heteroatoms. The number of aromatic nitrogens is 1. The van der Waals surface area contributed by atoms with Gasteiger partial charge in [0.2, 0.25) is 0 Å². The topological polar surface area (TPSA) is 34.1 Å². The molecule has 1 N–H and O–H groups in total. The Hall–Kier alpha value is -1.61. The standard InChI is InChI=1S/C14H18N2O/c1-3-15-9-11(2)17-13-8-12-6-4-5-7-14(12)16-10-13/h4-8,10-11,15H,3,9H2,1-2H3. The number of fused-ring (bicyclic) bond motifs is 1. The first kappa shape index (κ1) is 11.9. The molecule has 0 bridgehead atoms. The predicted molar refractivity (Wildman–Crippen MR) is 70.4 cm³/mol. The summed E-state index contributed by atoms with van der Waals surface area (Å²) in [5.74, 6) is 0.828. The quantitative estimate of drug-likeness (QED) is 0.857. The van der Waals surface area contributed by atoms with E-state index >= 15 is 0 Å². The maximum atomic E-state index is 5.80. The highest BCUT2D eigenvalue weighted by Gasteiger charge is 2.04. The summed E-state index contributed by atoms with van der Waals surface area (Å²) in [6, 6.07) is 10.1. The third-order valence-corrected chi connectivity index (χ3v) is 2.58. The van der Waals surface area contributed by atoms with Crippen LogP contribution in [0.25, 0.3) is 10.9 Å². The van der Waals surface area contributed by atoms with Crippen LogP contribution in [0, 0.1) is 0 Å². The van der Waals surface area contributed by atoms with Gasteiger partial charge in [-0.25, -0.2) is 0 Å². The minimum atomic E-state index is 0.151. The van der Waals surface area contributed by atoms with Gasteiger partial charge < -0.3 is 10.1 Å². The second-order valence-electron chi connectivity index (χ2n) is 4.10. The second kappa shape index (κ2) is 5.64. The molecular weight excluding hydrogens is 212 g/mol. The molecule has 2 aromatic rings. The Morgan fingerprint density at radius 3 is 3.00 bits per heavy atom. The van der Waals surface area contributed by atoms with Gasteiger partial charge in [-0.3, -0.25) is 4.98 Å². The molecule has 0 spiro atoms. The van der Waals surface area contributed by atoms with Crippen molar-refractivity contribution in [2.75, 3.05) is 13.1 Å². The molecule has 0 saturated heterocycles. The Morgan fingerprint density at radius 1 is 1.35 bits per heavy atom. The Balaban J connectivity index is 2.08. The van der Waals surface area contributed by atoms with Gasteiger partial charge in [-0.1, -0.05) is 25.1 Å². The van der Waals surface area contributed by atoms with E-state index in [2.05, 4.69) is 24.1 Å². The monoisotopic (exact) mass is 230 g/mol. The van der Waals surface area contributed by atoms with Crippen molar-refractivity contribution in [3.63, 3.8) is 0 Å². The summed E-state index contributed by atoms with van der Waals surface area (Å²) >= 11 is 0. The van der Waals surface area contributed by atoms with Crippen molar-refractivity contribution in [1.82, 2.24) is 10.3 Å². The van der Waals surface area contributed by atoms with Crippen molar-refractivity contribution in [3.8, 4) is 5.75 Å². The number of ether oxygens (including phenoxy) is 1. The van der Waals surface area contributed by atoms with Crippen molar-refractivity contribution in [2.24, 2.45) is 0 Å². The fourth-order valence-electron chi connectivity index (χ4n) is 1.74. The Bertz CT molecular complexity index is 484. The highest BCUT2D eigenvalue weighted by molar-refractivity contribution is 5.79. The first-order valence-corrected chi connectivity index (χ1v) is 6.01. The van der Waals surface area contributed by atoms with Crippen LogP contribution in [0.5, 0.6) is 5.75 Å². The zero-order valence-electron chi connectivity index (χ0n) is 10.3. The molecule has 0 saturated carbocycles. The summed E-state index contributed by atoms with van der Waals surface area (Å²) in [7, 11) is 0. The summed E-state index contributed by atoms with van der Waals surface area (Å²) in [5, 5.41) is 4.37. The van der Waals surface area contributed by atoms with E-state index in [1.165, 1.54) is 0 Å². The number of pyridine rings is 1. The van der Waals surface area contributed by atoms with Gasteiger partial charge >= 0.3 is 0 Å². The number of hydrogen-bond donors (Lipinski definition) is 1. The average molecular weight is 230 g/mol. The highest BCUT2D eigenvalue weighted by Crippen LogP contribution is 2.18. The van der Waals surface area contributed by atoms with Gasteiger partial charge in [-0.05, 0) is 25.6 Å². The lowest BCUT2D eigenvalue weighted by Crippen LogP contribution is -2.28. The fraction of sp³-hybridized carbons (Fsp3) is 0.357. The molecule has 3 nitrogen and oxygen atoms in total. The van der Waals surface area contributed by atoms with Crippen LogP contribution in [0.15, 0.2) is 36.5 Å². The molecule has 0 radical (unpaired) electrons. The van der Waals surface area contributed by atoms with E-state index in [0.29, 0.717) is 0 Å². The number of likely N-dealkylation sites (N-methyl/N-ethyl adjacent to an activating group) is 1. The highest BCUT2D eigenvalue weighted by atomic mass is 16.5. The molecule has 17 heavy (non-hydrogen) atoms. The summed E-state index contributed by atoms with van der Waals surface area (Å²) < 4.78 is 5.80. The van der Waals surface area contributed by atoms with E-state index in [1.54, 1.807) is 6.20 Å². The minimum Gasteiger partial charge on any atom is -0.488 e. The largest absolute Gasteiger partial charge is 0.488 e. The van der Waals surface area contributed by atoms with E-state index in [0.717, 1.165) is 29.7 Å². The Labute approximate surface area is 102 Å². The number of nitrogens with one attached hydrogen (secondary N) is 1. The van der Waals surface area contributed by atoms with E-state index in [1.807, 2.05) is 30.3 Å². The number of rotatable bonds is 5.